The van der Waals surface area contributed by atoms with Gasteiger partial charge in [0.15, 0.2) is 0 Å². The Labute approximate surface area is 195 Å². The minimum atomic E-state index is -0.533. The van der Waals surface area contributed by atoms with E-state index in [4.69, 9.17) is 15.2 Å². The molecular weight excluding hydrogens is 422 g/mol. The molecule has 0 spiro atoms. The number of benzene rings is 1. The summed E-state index contributed by atoms with van der Waals surface area (Å²) in [5.74, 6) is -0.710. The molecule has 2 N–H and O–H groups in total. The van der Waals surface area contributed by atoms with Gasteiger partial charge in [-0.3, -0.25) is 9.59 Å². The van der Waals surface area contributed by atoms with E-state index in [1.165, 1.54) is 0 Å². The lowest BCUT2D eigenvalue weighted by Gasteiger charge is -2.35. The molecule has 0 atom stereocenters. The van der Waals surface area contributed by atoms with E-state index in [2.05, 4.69) is 4.90 Å². The van der Waals surface area contributed by atoms with Gasteiger partial charge in [0.05, 0.1) is 12.5 Å². The summed E-state index contributed by atoms with van der Waals surface area (Å²) in [5.41, 5.74) is 8.55. The highest BCUT2D eigenvalue weighted by Crippen LogP contribution is 2.35. The van der Waals surface area contributed by atoms with Crippen molar-refractivity contribution in [1.29, 1.82) is 0 Å². The van der Waals surface area contributed by atoms with Crippen LogP contribution in [0.3, 0.4) is 0 Å². The average Bonchev–Trinajstić information content (AvgIpc) is 2.78. The number of hydrogen-bond donors (Lipinski definition) is 1. The van der Waals surface area contributed by atoms with Crippen LogP contribution in [0.15, 0.2) is 24.3 Å². The fraction of sp³-hybridized carbons (Fsp3) is 0.560. The first-order valence-electron chi connectivity index (χ1n) is 11.6. The number of carbonyl (C=O) groups is 3. The van der Waals surface area contributed by atoms with Gasteiger partial charge in [-0.1, -0.05) is 12.1 Å². The molecule has 0 unspecified atom stereocenters. The zero-order valence-corrected chi connectivity index (χ0v) is 20.1. The van der Waals surface area contributed by atoms with E-state index in [0.29, 0.717) is 57.6 Å². The van der Waals surface area contributed by atoms with Gasteiger partial charge >= 0.3 is 12.1 Å². The Kier molecular flexibility index (Phi) is 7.66. The van der Waals surface area contributed by atoms with E-state index in [0.717, 1.165) is 16.8 Å². The number of rotatable bonds is 5. The highest BCUT2D eigenvalue weighted by atomic mass is 16.6. The lowest BCUT2D eigenvalue weighted by atomic mass is 9.92. The lowest BCUT2D eigenvalue weighted by Crippen LogP contribution is -2.39. The van der Waals surface area contributed by atoms with Crippen LogP contribution in [-0.4, -0.2) is 61.3 Å². The predicted molar refractivity (Wildman–Crippen MR) is 127 cm³/mol. The molecule has 8 heteroatoms. The van der Waals surface area contributed by atoms with E-state index < -0.39 is 11.5 Å². The highest BCUT2D eigenvalue weighted by Gasteiger charge is 2.29. The van der Waals surface area contributed by atoms with Crippen molar-refractivity contribution in [1.82, 2.24) is 4.90 Å². The maximum absolute atomic E-state index is 12.4. The number of nitrogens with two attached hydrogens (primary N) is 1. The van der Waals surface area contributed by atoms with Crippen molar-refractivity contribution in [2.45, 2.75) is 52.6 Å². The van der Waals surface area contributed by atoms with Gasteiger partial charge < -0.3 is 25.0 Å². The number of nitrogens with zero attached hydrogens (tertiary/aromatic N) is 2. The summed E-state index contributed by atoms with van der Waals surface area (Å²) >= 11 is 0. The zero-order valence-electron chi connectivity index (χ0n) is 20.1. The molecule has 8 nitrogen and oxygen atoms in total. The molecule has 33 heavy (non-hydrogen) atoms. The van der Waals surface area contributed by atoms with Crippen LogP contribution >= 0.6 is 0 Å². The van der Waals surface area contributed by atoms with Gasteiger partial charge in [-0.15, -0.1) is 0 Å². The molecule has 1 fully saturated rings. The molecule has 1 saturated heterocycles. The van der Waals surface area contributed by atoms with Crippen molar-refractivity contribution in [3.05, 3.63) is 35.4 Å². The quantitative estimate of drug-likeness (QED) is 0.678. The van der Waals surface area contributed by atoms with Crippen LogP contribution in [0.4, 0.5) is 10.5 Å². The van der Waals surface area contributed by atoms with E-state index in [-0.39, 0.29) is 18.0 Å². The van der Waals surface area contributed by atoms with Crippen molar-refractivity contribution in [3.8, 4) is 0 Å². The number of ether oxygens (including phenoxy) is 2. The second-order valence-corrected chi connectivity index (χ2v) is 9.52. The molecule has 2 amide bonds. The van der Waals surface area contributed by atoms with Crippen LogP contribution in [0, 0.1) is 5.92 Å². The average molecular weight is 458 g/mol. The molecule has 0 bridgehead atoms. The Morgan fingerprint density at radius 1 is 1.12 bits per heavy atom. The maximum atomic E-state index is 12.4. The van der Waals surface area contributed by atoms with Gasteiger partial charge in [0.2, 0.25) is 5.91 Å². The second-order valence-electron chi connectivity index (χ2n) is 9.52. The Morgan fingerprint density at radius 3 is 2.36 bits per heavy atom. The molecule has 1 aromatic carbocycles. The molecule has 3 rings (SSSR count). The monoisotopic (exact) mass is 457 g/mol. The van der Waals surface area contributed by atoms with Crippen molar-refractivity contribution in [2.75, 3.05) is 37.7 Å². The van der Waals surface area contributed by atoms with E-state index in [9.17, 15) is 14.4 Å². The van der Waals surface area contributed by atoms with Crippen LogP contribution in [0.5, 0.6) is 0 Å². The van der Waals surface area contributed by atoms with Crippen LogP contribution in [0.2, 0.25) is 0 Å². The van der Waals surface area contributed by atoms with Crippen LogP contribution in [0.25, 0.3) is 5.57 Å². The minimum Gasteiger partial charge on any atom is -0.466 e. The van der Waals surface area contributed by atoms with Gasteiger partial charge in [-0.2, -0.15) is 0 Å². The molecule has 2 aliphatic heterocycles. The van der Waals surface area contributed by atoms with E-state index >= 15 is 0 Å². The third kappa shape index (κ3) is 6.27. The third-order valence-corrected chi connectivity index (χ3v) is 5.94. The van der Waals surface area contributed by atoms with Crippen LogP contribution in [0.1, 0.15) is 62.9 Å². The third-order valence-electron chi connectivity index (χ3n) is 5.94. The minimum absolute atomic E-state index is 0.0970. The Hall–Kier alpha value is -3.03. The molecule has 180 valence electrons. The standard InChI is InChI=1S/C25H35N3O5/c1-5-32-23(30)18-10-12-27(13-11-18)21-16-19(22(26)29)6-7-20(21)17-8-14-28(15-9-17)24(31)33-25(2,3)4/h6-8,16,18H,5,9-15H2,1-4H3,(H2,26,29). The molecule has 1 aromatic rings. The fourth-order valence-electron chi connectivity index (χ4n) is 4.24. The number of hydrogen-bond acceptors (Lipinski definition) is 6. The van der Waals surface area contributed by atoms with Gasteiger partial charge in [0, 0.05) is 43.0 Å². The van der Waals surface area contributed by atoms with Gasteiger partial charge in [0.25, 0.3) is 0 Å². The van der Waals surface area contributed by atoms with Crippen molar-refractivity contribution in [2.24, 2.45) is 11.7 Å². The van der Waals surface area contributed by atoms with Crippen molar-refractivity contribution >= 4 is 29.2 Å². The molecular formula is C25H35N3O5. The fourth-order valence-corrected chi connectivity index (χ4v) is 4.24. The first-order chi connectivity index (χ1) is 15.6. The lowest BCUT2D eigenvalue weighted by molar-refractivity contribution is -0.148. The first-order valence-corrected chi connectivity index (χ1v) is 11.6. The van der Waals surface area contributed by atoms with Gasteiger partial charge in [0.1, 0.15) is 5.60 Å². The van der Waals surface area contributed by atoms with Gasteiger partial charge in [-0.25, -0.2) is 4.79 Å². The first kappa shape index (κ1) is 24.6. The summed E-state index contributed by atoms with van der Waals surface area (Å²) in [6, 6.07) is 5.51. The second kappa shape index (κ2) is 10.3. The van der Waals surface area contributed by atoms with Crippen molar-refractivity contribution < 1.29 is 23.9 Å². The SMILES string of the molecule is CCOC(=O)C1CCN(c2cc(C(N)=O)ccc2C2=CCN(C(=O)OC(C)(C)C)CC2)CC1. The molecule has 0 aliphatic carbocycles. The van der Waals surface area contributed by atoms with E-state index in [1.807, 2.05) is 45.9 Å². The Bertz CT molecular complexity index is 926. The molecule has 0 saturated carbocycles. The highest BCUT2D eigenvalue weighted by molar-refractivity contribution is 5.95. The summed E-state index contributed by atoms with van der Waals surface area (Å²) in [7, 11) is 0. The number of carbonyl (C=O) groups excluding carboxylic acids is 3. The normalized spacial score (nSPS) is 17.4. The molecule has 0 aromatic heterocycles. The summed E-state index contributed by atoms with van der Waals surface area (Å²) in [4.78, 5) is 40.3. The largest absolute Gasteiger partial charge is 0.466 e. The summed E-state index contributed by atoms with van der Waals surface area (Å²) in [6.07, 6.45) is 3.81. The van der Waals surface area contributed by atoms with E-state index in [1.54, 1.807) is 11.0 Å². The van der Waals surface area contributed by atoms with Crippen LogP contribution < -0.4 is 10.6 Å². The smallest absolute Gasteiger partial charge is 0.410 e. The number of piperidine rings is 1. The van der Waals surface area contributed by atoms with Crippen molar-refractivity contribution in [3.63, 3.8) is 0 Å². The summed E-state index contributed by atoms with van der Waals surface area (Å²) in [5, 5.41) is 0. The predicted octanol–water partition coefficient (Wildman–Crippen LogP) is 3.59. The van der Waals surface area contributed by atoms with Gasteiger partial charge in [-0.05, 0) is 64.7 Å². The Morgan fingerprint density at radius 2 is 1.82 bits per heavy atom. The van der Waals surface area contributed by atoms with Crippen LogP contribution in [-0.2, 0) is 14.3 Å². The Balaban J connectivity index is 1.79. The topological polar surface area (TPSA) is 102 Å². The molecule has 2 heterocycles. The number of primary amides is 1. The molecule has 0 radical (unpaired) electrons. The maximum Gasteiger partial charge on any atom is 0.410 e. The zero-order chi connectivity index (χ0) is 24.2. The number of anilines is 1. The summed E-state index contributed by atoms with van der Waals surface area (Å²) < 4.78 is 10.7. The summed E-state index contributed by atoms with van der Waals surface area (Å²) in [6.45, 7) is 10.2. The number of esters is 1. The number of amides is 2. The molecule has 2 aliphatic rings.